The highest BCUT2D eigenvalue weighted by Crippen LogP contribution is 2.45. The number of hydrogen-bond donors (Lipinski definition) is 3. The Bertz CT molecular complexity index is 431. The summed E-state index contributed by atoms with van der Waals surface area (Å²) in [4.78, 5) is 44.7. The fraction of sp³-hybridized carbons (Fsp3) is 0.333. The molecular weight excluding hydrogens is 318 g/mol. The number of amides is 2. The molecule has 0 aromatic carbocycles. The van der Waals surface area contributed by atoms with Crippen LogP contribution in [0.3, 0.4) is 0 Å². The minimum Gasteiger partial charge on any atom is -0.481 e. The Labute approximate surface area is 128 Å². The van der Waals surface area contributed by atoms with Gasteiger partial charge in [-0.3, -0.25) is 19.2 Å². The molecule has 0 fully saturated rings. The molecule has 21 heavy (non-hydrogen) atoms. The van der Waals surface area contributed by atoms with Gasteiger partial charge in [0.1, 0.15) is 0 Å². The van der Waals surface area contributed by atoms with Gasteiger partial charge in [0.15, 0.2) is 0 Å². The number of carbonyl (C=O) groups excluding carboxylic acids is 2. The summed E-state index contributed by atoms with van der Waals surface area (Å²) >= 11 is 0. The number of nitrogens with zero attached hydrogens (tertiary/aromatic N) is 1. The van der Waals surface area contributed by atoms with Crippen LogP contribution in [0.5, 0.6) is 0 Å². The summed E-state index contributed by atoms with van der Waals surface area (Å²) in [6, 6.07) is 0. The molecule has 0 bridgehead atoms. The van der Waals surface area contributed by atoms with Gasteiger partial charge in [0.25, 0.3) is 11.8 Å². The van der Waals surface area contributed by atoms with Crippen molar-refractivity contribution in [2.45, 2.75) is 12.8 Å². The second kappa shape index (κ2) is 10.1. The molecule has 2 amide bonds. The standard InChI is InChI=1S/C12H17NO6S2/c1-3-9(14)13(10(15)4-2)21(8-6-12(18)19)20-7-5-11(16)17/h3-4,21H,1-2,5-8H2,(H,16,17)(H,18,19). The number of carboxylic acid groups (broad SMARTS) is 2. The van der Waals surface area contributed by atoms with Gasteiger partial charge in [-0.1, -0.05) is 24.0 Å². The van der Waals surface area contributed by atoms with Crippen molar-refractivity contribution in [1.82, 2.24) is 4.31 Å². The van der Waals surface area contributed by atoms with E-state index in [9.17, 15) is 19.2 Å². The van der Waals surface area contributed by atoms with Gasteiger partial charge >= 0.3 is 11.9 Å². The van der Waals surface area contributed by atoms with Gasteiger partial charge in [-0.25, -0.2) is 4.31 Å². The Balaban J connectivity index is 5.06. The molecular formula is C12H17NO6S2. The molecule has 0 heterocycles. The Morgan fingerprint density at radius 3 is 1.86 bits per heavy atom. The zero-order valence-corrected chi connectivity index (χ0v) is 12.9. The lowest BCUT2D eigenvalue weighted by atomic mass is 10.5. The first kappa shape index (κ1) is 19.3. The molecule has 0 aliphatic carbocycles. The molecule has 0 aliphatic heterocycles. The van der Waals surface area contributed by atoms with Crippen LogP contribution in [0.25, 0.3) is 0 Å². The SMILES string of the molecule is C=CC(=O)N(C(=O)C=C)[SH](CCC(=O)O)SCCC(=O)O. The van der Waals surface area contributed by atoms with Crippen LogP contribution in [-0.2, 0) is 19.2 Å². The first-order chi connectivity index (χ1) is 9.83. The van der Waals surface area contributed by atoms with E-state index < -0.39 is 33.9 Å². The normalized spacial score (nSPS) is 12.1. The predicted molar refractivity (Wildman–Crippen MR) is 83.1 cm³/mol. The molecule has 0 radical (unpaired) electrons. The van der Waals surface area contributed by atoms with Gasteiger partial charge in [-0.15, -0.1) is 10.1 Å². The van der Waals surface area contributed by atoms with Crippen LogP contribution in [0.2, 0.25) is 0 Å². The molecule has 0 aliphatic rings. The molecule has 0 saturated carbocycles. The average Bonchev–Trinajstić information content (AvgIpc) is 2.43. The van der Waals surface area contributed by atoms with Crippen molar-refractivity contribution in [2.75, 3.05) is 11.5 Å². The Morgan fingerprint density at radius 2 is 1.48 bits per heavy atom. The van der Waals surface area contributed by atoms with Crippen molar-refractivity contribution in [1.29, 1.82) is 0 Å². The van der Waals surface area contributed by atoms with Gasteiger partial charge in [0, 0.05) is 11.5 Å². The average molecular weight is 335 g/mol. The maximum Gasteiger partial charge on any atom is 0.304 e. The number of imide groups is 1. The molecule has 1 atom stereocenters. The van der Waals surface area contributed by atoms with E-state index in [-0.39, 0.29) is 24.3 Å². The van der Waals surface area contributed by atoms with Crippen molar-refractivity contribution in [2.24, 2.45) is 0 Å². The van der Waals surface area contributed by atoms with Crippen molar-refractivity contribution < 1.29 is 29.4 Å². The highest BCUT2D eigenvalue weighted by atomic mass is 33.1. The number of hydrogen-bond acceptors (Lipinski definition) is 5. The monoisotopic (exact) mass is 335 g/mol. The van der Waals surface area contributed by atoms with E-state index in [4.69, 9.17) is 10.2 Å². The van der Waals surface area contributed by atoms with Crippen LogP contribution in [-0.4, -0.2) is 49.8 Å². The maximum absolute atomic E-state index is 11.8. The summed E-state index contributed by atoms with van der Waals surface area (Å²) < 4.78 is 0.908. The number of aliphatic carboxylic acids is 2. The predicted octanol–water partition coefficient (Wildman–Crippen LogP) is 1.23. The number of rotatable bonds is 10. The van der Waals surface area contributed by atoms with Gasteiger partial charge in [-0.2, -0.15) is 0 Å². The van der Waals surface area contributed by atoms with E-state index in [2.05, 4.69) is 13.2 Å². The highest BCUT2D eigenvalue weighted by molar-refractivity contribution is 8.84. The van der Waals surface area contributed by atoms with Crippen LogP contribution >= 0.6 is 20.9 Å². The van der Waals surface area contributed by atoms with Crippen molar-refractivity contribution in [3.05, 3.63) is 25.3 Å². The molecule has 118 valence electrons. The van der Waals surface area contributed by atoms with Crippen LogP contribution in [0.4, 0.5) is 0 Å². The first-order valence-electron chi connectivity index (χ1n) is 5.80. The topological polar surface area (TPSA) is 112 Å². The van der Waals surface area contributed by atoms with Gasteiger partial charge < -0.3 is 10.2 Å². The van der Waals surface area contributed by atoms with Crippen LogP contribution in [0, 0.1) is 0 Å². The fourth-order valence-corrected chi connectivity index (χ4v) is 5.46. The lowest BCUT2D eigenvalue weighted by Crippen LogP contribution is -2.31. The summed E-state index contributed by atoms with van der Waals surface area (Å²) in [6.45, 7) is 6.59. The number of thiol groups is 1. The third kappa shape index (κ3) is 7.57. The molecule has 7 nitrogen and oxygen atoms in total. The maximum atomic E-state index is 11.8. The lowest BCUT2D eigenvalue weighted by molar-refractivity contribution is -0.137. The quantitative estimate of drug-likeness (QED) is 0.313. The van der Waals surface area contributed by atoms with Crippen molar-refractivity contribution in [3.63, 3.8) is 0 Å². The molecule has 2 N–H and O–H groups in total. The summed E-state index contributed by atoms with van der Waals surface area (Å²) in [5.74, 6) is -3.12. The second-order valence-corrected chi connectivity index (χ2v) is 7.85. The second-order valence-electron chi connectivity index (χ2n) is 3.59. The summed E-state index contributed by atoms with van der Waals surface area (Å²) in [5.41, 5.74) is 0. The smallest absolute Gasteiger partial charge is 0.304 e. The van der Waals surface area contributed by atoms with E-state index in [1.165, 1.54) is 0 Å². The van der Waals surface area contributed by atoms with Gasteiger partial charge in [0.2, 0.25) is 0 Å². The third-order valence-corrected chi connectivity index (χ3v) is 6.67. The first-order valence-corrected chi connectivity index (χ1v) is 8.87. The molecule has 1 unspecified atom stereocenters. The van der Waals surface area contributed by atoms with Crippen LogP contribution < -0.4 is 0 Å². The Morgan fingerprint density at radius 1 is 1.00 bits per heavy atom. The van der Waals surface area contributed by atoms with E-state index in [0.717, 1.165) is 27.3 Å². The fourth-order valence-electron chi connectivity index (χ4n) is 1.15. The Hall–Kier alpha value is -1.74. The molecule has 0 aromatic heterocycles. The highest BCUT2D eigenvalue weighted by Gasteiger charge is 2.25. The molecule has 0 spiro atoms. The summed E-state index contributed by atoms with van der Waals surface area (Å²) in [7, 11) is -0.417. The zero-order valence-electron chi connectivity index (χ0n) is 11.2. The van der Waals surface area contributed by atoms with E-state index in [1.807, 2.05) is 0 Å². The molecule has 0 aromatic rings. The molecule has 0 saturated heterocycles. The molecule has 9 heteroatoms. The summed E-state index contributed by atoms with van der Waals surface area (Å²) in [5, 5.41) is 17.3. The van der Waals surface area contributed by atoms with Crippen LogP contribution in [0.1, 0.15) is 12.8 Å². The van der Waals surface area contributed by atoms with E-state index in [1.54, 1.807) is 0 Å². The van der Waals surface area contributed by atoms with Gasteiger partial charge in [-0.05, 0) is 12.2 Å². The largest absolute Gasteiger partial charge is 0.481 e. The number of carboxylic acids is 2. The van der Waals surface area contributed by atoms with E-state index in [0.29, 0.717) is 0 Å². The van der Waals surface area contributed by atoms with Crippen molar-refractivity contribution in [3.8, 4) is 0 Å². The zero-order chi connectivity index (χ0) is 16.4. The lowest BCUT2D eigenvalue weighted by Gasteiger charge is -2.30. The third-order valence-electron chi connectivity index (χ3n) is 2.06. The minimum absolute atomic E-state index is 0.0775. The molecule has 0 rings (SSSR count). The Kier molecular flexibility index (Phi) is 9.22. The van der Waals surface area contributed by atoms with Crippen molar-refractivity contribution >= 4 is 44.7 Å². The van der Waals surface area contributed by atoms with E-state index >= 15 is 0 Å². The minimum atomic E-state index is -1.51. The van der Waals surface area contributed by atoms with Gasteiger partial charge in [0.05, 0.1) is 12.8 Å². The summed E-state index contributed by atoms with van der Waals surface area (Å²) in [6.07, 6.45) is 1.54. The van der Waals surface area contributed by atoms with Crippen LogP contribution in [0.15, 0.2) is 25.3 Å². The number of carbonyl (C=O) groups is 4.